The second-order valence-corrected chi connectivity index (χ2v) is 8.24. The third kappa shape index (κ3) is 8.04. The molecule has 0 aliphatic carbocycles. The van der Waals surface area contributed by atoms with E-state index in [0.717, 1.165) is 42.8 Å². The van der Waals surface area contributed by atoms with Gasteiger partial charge in [0.15, 0.2) is 0 Å². The average Bonchev–Trinajstić information content (AvgIpc) is 2.77. The van der Waals surface area contributed by atoms with Crippen LogP contribution in [0, 0.1) is 11.7 Å². The second-order valence-electron chi connectivity index (χ2n) is 8.24. The number of rotatable bonds is 8. The third-order valence-electron chi connectivity index (χ3n) is 5.23. The molecular formula is C24H33ClFN3O2. The summed E-state index contributed by atoms with van der Waals surface area (Å²) >= 11 is 0. The molecule has 0 unspecified atom stereocenters. The molecule has 2 aromatic carbocycles. The first-order valence-electron chi connectivity index (χ1n) is 10.7. The number of hydrogen-bond donors (Lipinski definition) is 2. The van der Waals surface area contributed by atoms with E-state index in [-0.39, 0.29) is 30.3 Å². The largest absolute Gasteiger partial charge is 0.493 e. The summed E-state index contributed by atoms with van der Waals surface area (Å²) in [5.74, 6) is 1.05. The zero-order valence-corrected chi connectivity index (χ0v) is 19.1. The molecule has 1 aliphatic rings. The van der Waals surface area contributed by atoms with Crippen molar-refractivity contribution in [3.63, 3.8) is 0 Å². The minimum Gasteiger partial charge on any atom is -0.493 e. The molecule has 3 rings (SSSR count). The van der Waals surface area contributed by atoms with Gasteiger partial charge in [0.2, 0.25) is 0 Å². The topological polar surface area (TPSA) is 53.6 Å². The highest BCUT2D eigenvalue weighted by Gasteiger charge is 2.25. The third-order valence-corrected chi connectivity index (χ3v) is 5.23. The van der Waals surface area contributed by atoms with Crippen LogP contribution in [0.5, 0.6) is 5.75 Å². The van der Waals surface area contributed by atoms with Gasteiger partial charge in [-0.2, -0.15) is 0 Å². The molecule has 0 spiro atoms. The summed E-state index contributed by atoms with van der Waals surface area (Å²) in [5, 5.41) is 6.39. The Labute approximate surface area is 190 Å². The molecule has 1 heterocycles. The zero-order chi connectivity index (χ0) is 21.3. The summed E-state index contributed by atoms with van der Waals surface area (Å²) in [4.78, 5) is 14.9. The fraction of sp³-hybridized carbons (Fsp3) is 0.458. The highest BCUT2D eigenvalue weighted by atomic mass is 35.5. The summed E-state index contributed by atoms with van der Waals surface area (Å²) in [5.41, 5.74) is 1.95. The van der Waals surface area contributed by atoms with E-state index in [9.17, 15) is 9.18 Å². The van der Waals surface area contributed by atoms with Crippen molar-refractivity contribution in [3.8, 4) is 5.75 Å². The Hall–Kier alpha value is -2.31. The van der Waals surface area contributed by atoms with Crippen molar-refractivity contribution in [3.05, 3.63) is 65.5 Å². The number of piperidine rings is 1. The lowest BCUT2D eigenvalue weighted by molar-refractivity contribution is 0.154. The van der Waals surface area contributed by atoms with Gasteiger partial charge in [-0.3, -0.25) is 0 Å². The van der Waals surface area contributed by atoms with Crippen LogP contribution in [0.15, 0.2) is 48.5 Å². The lowest BCUT2D eigenvalue weighted by atomic mass is 10.0. The maximum absolute atomic E-state index is 13.3. The van der Waals surface area contributed by atoms with Crippen LogP contribution in [0.25, 0.3) is 0 Å². The maximum atomic E-state index is 13.3. The Balaban J connectivity index is 0.00000341. The maximum Gasteiger partial charge on any atom is 0.318 e. The van der Waals surface area contributed by atoms with E-state index in [0.29, 0.717) is 25.6 Å². The molecule has 0 atom stereocenters. The van der Waals surface area contributed by atoms with E-state index < -0.39 is 0 Å². The SMILES string of the molecule is CC(C)COc1ccc(CNC(=O)N(Cc2ccc(F)cc2)C2CCNCC2)cc1.Cl. The van der Waals surface area contributed by atoms with E-state index >= 15 is 0 Å². The van der Waals surface area contributed by atoms with E-state index in [1.807, 2.05) is 29.2 Å². The number of urea groups is 1. The van der Waals surface area contributed by atoms with Crippen LogP contribution < -0.4 is 15.4 Å². The molecule has 5 nitrogen and oxygen atoms in total. The first-order valence-corrected chi connectivity index (χ1v) is 10.7. The predicted molar refractivity (Wildman–Crippen MR) is 124 cm³/mol. The summed E-state index contributed by atoms with van der Waals surface area (Å²) in [7, 11) is 0. The summed E-state index contributed by atoms with van der Waals surface area (Å²) in [6.45, 7) is 7.64. The molecule has 1 fully saturated rings. The molecule has 31 heavy (non-hydrogen) atoms. The number of halogens is 2. The van der Waals surface area contributed by atoms with E-state index in [4.69, 9.17) is 4.74 Å². The Morgan fingerprint density at radius 2 is 1.71 bits per heavy atom. The van der Waals surface area contributed by atoms with Gasteiger partial charge in [-0.15, -0.1) is 12.4 Å². The average molecular weight is 450 g/mol. The zero-order valence-electron chi connectivity index (χ0n) is 18.3. The molecule has 2 amide bonds. The van der Waals surface area contributed by atoms with Gasteiger partial charge >= 0.3 is 6.03 Å². The summed E-state index contributed by atoms with van der Waals surface area (Å²) < 4.78 is 19.0. The van der Waals surface area contributed by atoms with Gasteiger partial charge in [0.05, 0.1) is 6.61 Å². The standard InChI is InChI=1S/C24H32FN3O2.ClH/c1-18(2)17-30-23-9-5-19(6-10-23)15-27-24(29)28(22-11-13-26-14-12-22)16-20-3-7-21(25)8-4-20;/h3-10,18,22,26H,11-17H2,1-2H3,(H,27,29);1H. The van der Waals surface area contributed by atoms with Crippen molar-refractivity contribution < 1.29 is 13.9 Å². The minimum atomic E-state index is -0.266. The van der Waals surface area contributed by atoms with Gasteiger partial charge in [-0.1, -0.05) is 38.1 Å². The number of carbonyl (C=O) groups is 1. The van der Waals surface area contributed by atoms with Crippen molar-refractivity contribution in [1.29, 1.82) is 0 Å². The highest BCUT2D eigenvalue weighted by Crippen LogP contribution is 2.17. The fourth-order valence-corrected chi connectivity index (χ4v) is 3.52. The second kappa shape index (κ2) is 12.5. The van der Waals surface area contributed by atoms with Gasteiger partial charge in [-0.25, -0.2) is 9.18 Å². The molecule has 7 heteroatoms. The Morgan fingerprint density at radius 1 is 1.10 bits per heavy atom. The van der Waals surface area contributed by atoms with Gasteiger partial charge in [0.25, 0.3) is 0 Å². The van der Waals surface area contributed by atoms with Crippen LogP contribution in [-0.4, -0.2) is 36.7 Å². The van der Waals surface area contributed by atoms with Gasteiger partial charge in [0.1, 0.15) is 11.6 Å². The molecule has 0 radical (unpaired) electrons. The monoisotopic (exact) mass is 449 g/mol. The lowest BCUT2D eigenvalue weighted by Crippen LogP contribution is -2.49. The normalized spacial score (nSPS) is 14.1. The van der Waals surface area contributed by atoms with Crippen molar-refractivity contribution in [1.82, 2.24) is 15.5 Å². The molecule has 1 aliphatic heterocycles. The van der Waals surface area contributed by atoms with Crippen molar-refractivity contribution in [2.24, 2.45) is 5.92 Å². The van der Waals surface area contributed by atoms with Crippen LogP contribution >= 0.6 is 12.4 Å². The van der Waals surface area contributed by atoms with Crippen LogP contribution in [-0.2, 0) is 13.1 Å². The van der Waals surface area contributed by atoms with E-state index in [1.54, 1.807) is 12.1 Å². The first-order chi connectivity index (χ1) is 14.5. The van der Waals surface area contributed by atoms with Gasteiger partial charge in [-0.05, 0) is 67.2 Å². The minimum absolute atomic E-state index is 0. The smallest absolute Gasteiger partial charge is 0.318 e. The quantitative estimate of drug-likeness (QED) is 0.611. The van der Waals surface area contributed by atoms with Crippen LogP contribution in [0.2, 0.25) is 0 Å². The summed E-state index contributed by atoms with van der Waals surface area (Å²) in [6.07, 6.45) is 1.83. The predicted octanol–water partition coefficient (Wildman–Crippen LogP) is 4.75. The van der Waals surface area contributed by atoms with Crippen molar-refractivity contribution in [2.45, 2.75) is 45.8 Å². The number of benzene rings is 2. The molecule has 0 aromatic heterocycles. The number of ether oxygens (including phenoxy) is 1. The van der Waals surface area contributed by atoms with Gasteiger partial charge in [0, 0.05) is 19.1 Å². The number of amides is 2. The van der Waals surface area contributed by atoms with Crippen LogP contribution in [0.3, 0.4) is 0 Å². The molecule has 0 bridgehead atoms. The Bertz CT molecular complexity index is 793. The van der Waals surface area contributed by atoms with Crippen LogP contribution in [0.4, 0.5) is 9.18 Å². The molecule has 1 saturated heterocycles. The van der Waals surface area contributed by atoms with Crippen molar-refractivity contribution in [2.75, 3.05) is 19.7 Å². The first kappa shape index (κ1) is 25.0. The lowest BCUT2D eigenvalue weighted by Gasteiger charge is -2.35. The number of hydrogen-bond acceptors (Lipinski definition) is 3. The molecule has 0 saturated carbocycles. The highest BCUT2D eigenvalue weighted by molar-refractivity contribution is 5.85. The molecule has 2 N–H and O–H groups in total. The van der Waals surface area contributed by atoms with Crippen LogP contribution in [0.1, 0.15) is 37.8 Å². The fourth-order valence-electron chi connectivity index (χ4n) is 3.52. The van der Waals surface area contributed by atoms with Gasteiger partial charge < -0.3 is 20.3 Å². The van der Waals surface area contributed by atoms with E-state index in [1.165, 1.54) is 12.1 Å². The summed E-state index contributed by atoms with van der Waals surface area (Å²) in [6, 6.07) is 14.3. The Morgan fingerprint density at radius 3 is 2.32 bits per heavy atom. The molecule has 170 valence electrons. The molecular weight excluding hydrogens is 417 g/mol. The number of carbonyl (C=O) groups excluding carboxylic acids is 1. The molecule has 2 aromatic rings. The number of nitrogens with zero attached hydrogens (tertiary/aromatic N) is 1. The number of nitrogens with one attached hydrogen (secondary N) is 2. The Kier molecular flexibility index (Phi) is 10.1. The van der Waals surface area contributed by atoms with Crippen molar-refractivity contribution >= 4 is 18.4 Å². The van der Waals surface area contributed by atoms with E-state index in [2.05, 4.69) is 24.5 Å².